The van der Waals surface area contributed by atoms with Crippen molar-refractivity contribution in [2.75, 3.05) is 0 Å². The molecule has 1 aromatic heterocycles. The Kier molecular flexibility index (Phi) is 7.82. The van der Waals surface area contributed by atoms with Crippen molar-refractivity contribution in [2.45, 2.75) is 32.8 Å². The first-order valence-electron chi connectivity index (χ1n) is 11.1. The quantitative estimate of drug-likeness (QED) is 0.125. The van der Waals surface area contributed by atoms with Crippen LogP contribution < -0.4 is 10.3 Å². The summed E-state index contributed by atoms with van der Waals surface area (Å²) in [4.78, 5) is 29.5. The number of nitro groups is 1. The number of hydrogen-bond donors (Lipinski definition) is 0. The van der Waals surface area contributed by atoms with E-state index in [1.54, 1.807) is 42.5 Å². The molecule has 0 unspecified atom stereocenters. The second-order valence-electron chi connectivity index (χ2n) is 9.22. The first kappa shape index (κ1) is 27.0. The number of ether oxygens (including phenoxy) is 1. The Morgan fingerprint density at radius 3 is 2.46 bits per heavy atom. The minimum atomic E-state index is -0.527. The van der Waals surface area contributed by atoms with Gasteiger partial charge in [0.25, 0.3) is 5.56 Å². The molecule has 190 valence electrons. The molecule has 0 aliphatic rings. The van der Waals surface area contributed by atoms with E-state index < -0.39 is 10.3 Å². The number of fused-ring (bicyclic) bond motifs is 1. The minimum Gasteiger partial charge on any atom is -0.481 e. The summed E-state index contributed by atoms with van der Waals surface area (Å²) in [5, 5.41) is 17.3. The fourth-order valence-electron chi connectivity index (χ4n) is 3.59. The van der Waals surface area contributed by atoms with Gasteiger partial charge in [0, 0.05) is 31.0 Å². The van der Waals surface area contributed by atoms with Crippen molar-refractivity contribution >= 4 is 66.3 Å². The number of nitrogens with zero attached hydrogens (tertiary/aromatic N) is 4. The first-order chi connectivity index (χ1) is 17.4. The lowest BCUT2D eigenvalue weighted by atomic mass is 9.95. The van der Waals surface area contributed by atoms with Gasteiger partial charge in [-0.25, -0.2) is 4.98 Å². The highest BCUT2D eigenvalue weighted by Gasteiger charge is 2.24. The summed E-state index contributed by atoms with van der Waals surface area (Å²) in [6, 6.07) is 15.2. The van der Waals surface area contributed by atoms with Gasteiger partial charge in [0.15, 0.2) is 0 Å². The van der Waals surface area contributed by atoms with Crippen LogP contribution in [-0.2, 0) is 12.0 Å². The number of halogens is 3. The third kappa shape index (κ3) is 6.08. The van der Waals surface area contributed by atoms with Crippen LogP contribution in [0.15, 0.2) is 73.4 Å². The Morgan fingerprint density at radius 1 is 1.11 bits per heavy atom. The monoisotopic (exact) mass is 646 g/mol. The SMILES string of the molecule is CC(C)(C)c1nc2ccc(Br)cc2c(=O)n1N=Cc1cc(Br)cc([N+](=O)[O-])c1OCc1ccc(Cl)cc1. The maximum absolute atomic E-state index is 13.5. The maximum Gasteiger partial charge on any atom is 0.312 e. The predicted molar refractivity (Wildman–Crippen MR) is 152 cm³/mol. The Bertz CT molecular complexity index is 1600. The molecule has 3 aromatic carbocycles. The second-order valence-corrected chi connectivity index (χ2v) is 11.5. The number of rotatable bonds is 6. The topological polar surface area (TPSA) is 99.6 Å². The molecule has 0 spiro atoms. The summed E-state index contributed by atoms with van der Waals surface area (Å²) in [7, 11) is 0. The maximum atomic E-state index is 13.5. The molecule has 8 nitrogen and oxygen atoms in total. The highest BCUT2D eigenvalue weighted by molar-refractivity contribution is 9.10. The van der Waals surface area contributed by atoms with Crippen molar-refractivity contribution in [3.8, 4) is 5.75 Å². The van der Waals surface area contributed by atoms with Crippen molar-refractivity contribution in [1.82, 2.24) is 9.66 Å². The molecule has 0 saturated carbocycles. The fraction of sp³-hybridized carbons (Fsp3) is 0.192. The number of benzene rings is 3. The summed E-state index contributed by atoms with van der Waals surface area (Å²) >= 11 is 12.7. The molecule has 0 radical (unpaired) electrons. The number of aromatic nitrogens is 2. The Morgan fingerprint density at radius 2 is 1.81 bits per heavy atom. The summed E-state index contributed by atoms with van der Waals surface area (Å²) in [6.45, 7) is 5.85. The van der Waals surface area contributed by atoms with Crippen molar-refractivity contribution < 1.29 is 9.66 Å². The van der Waals surface area contributed by atoms with Crippen LogP contribution in [0, 0.1) is 10.1 Å². The van der Waals surface area contributed by atoms with Gasteiger partial charge in [0.1, 0.15) is 12.4 Å². The second kappa shape index (κ2) is 10.7. The van der Waals surface area contributed by atoms with Gasteiger partial charge < -0.3 is 4.74 Å². The number of nitro benzene ring substituents is 1. The highest BCUT2D eigenvalue weighted by atomic mass is 79.9. The molecule has 37 heavy (non-hydrogen) atoms. The van der Waals surface area contributed by atoms with Gasteiger partial charge >= 0.3 is 5.69 Å². The average molecular weight is 649 g/mol. The van der Waals surface area contributed by atoms with Crippen molar-refractivity contribution in [1.29, 1.82) is 0 Å². The van der Waals surface area contributed by atoms with Crippen LogP contribution >= 0.6 is 43.5 Å². The zero-order valence-corrected chi connectivity index (χ0v) is 24.0. The van der Waals surface area contributed by atoms with Gasteiger partial charge in [0.2, 0.25) is 5.75 Å². The number of hydrogen-bond acceptors (Lipinski definition) is 6. The van der Waals surface area contributed by atoms with Gasteiger partial charge in [-0.2, -0.15) is 9.78 Å². The summed E-state index contributed by atoms with van der Waals surface area (Å²) in [5.41, 5.74) is 0.523. The lowest BCUT2D eigenvalue weighted by Crippen LogP contribution is -2.29. The van der Waals surface area contributed by atoms with Crippen LogP contribution in [0.25, 0.3) is 10.9 Å². The Balaban J connectivity index is 1.85. The van der Waals surface area contributed by atoms with E-state index in [1.165, 1.54) is 17.0 Å². The third-order valence-corrected chi connectivity index (χ3v) is 6.55. The standard InChI is InChI=1S/C26H21Br2ClN4O4/c1-26(2,3)25-31-21-9-6-17(27)11-20(21)24(34)32(25)30-13-16-10-18(28)12-22(33(35)36)23(16)37-14-15-4-7-19(29)8-5-15/h4-13H,14H2,1-3H3. The van der Waals surface area contributed by atoms with E-state index in [0.29, 0.717) is 31.8 Å². The van der Waals surface area contributed by atoms with Crippen molar-refractivity contribution in [2.24, 2.45) is 5.10 Å². The molecule has 0 N–H and O–H groups in total. The van der Waals surface area contributed by atoms with E-state index in [9.17, 15) is 14.9 Å². The molecule has 1 heterocycles. The van der Waals surface area contributed by atoms with Crippen LogP contribution in [0.5, 0.6) is 5.75 Å². The zero-order valence-electron chi connectivity index (χ0n) is 20.0. The highest BCUT2D eigenvalue weighted by Crippen LogP contribution is 2.35. The lowest BCUT2D eigenvalue weighted by Gasteiger charge is -2.21. The molecule has 0 fully saturated rings. The summed E-state index contributed by atoms with van der Waals surface area (Å²) < 4.78 is 8.33. The van der Waals surface area contributed by atoms with Gasteiger partial charge in [0.05, 0.1) is 22.0 Å². The molecule has 0 amide bonds. The van der Waals surface area contributed by atoms with E-state index >= 15 is 0 Å². The molecular weight excluding hydrogens is 628 g/mol. The van der Waals surface area contributed by atoms with Gasteiger partial charge in [-0.1, -0.05) is 76.4 Å². The average Bonchev–Trinajstić information content (AvgIpc) is 2.83. The van der Waals surface area contributed by atoms with Gasteiger partial charge in [-0.05, 0) is 42.0 Å². The van der Waals surface area contributed by atoms with Crippen LogP contribution in [0.4, 0.5) is 5.69 Å². The van der Waals surface area contributed by atoms with E-state index in [4.69, 9.17) is 21.3 Å². The molecule has 0 aliphatic heterocycles. The van der Waals surface area contributed by atoms with Gasteiger partial charge in [-0.3, -0.25) is 14.9 Å². The Hall–Kier alpha value is -3.08. The molecule has 11 heteroatoms. The van der Waals surface area contributed by atoms with Crippen molar-refractivity contribution in [3.63, 3.8) is 0 Å². The minimum absolute atomic E-state index is 0.0220. The first-order valence-corrected chi connectivity index (χ1v) is 13.0. The smallest absolute Gasteiger partial charge is 0.312 e. The van der Waals surface area contributed by atoms with Crippen LogP contribution in [-0.4, -0.2) is 20.8 Å². The molecule has 0 aliphatic carbocycles. The van der Waals surface area contributed by atoms with E-state index in [1.807, 2.05) is 26.8 Å². The molecule has 0 atom stereocenters. The molecule has 0 bridgehead atoms. The van der Waals surface area contributed by atoms with Crippen LogP contribution in [0.2, 0.25) is 5.02 Å². The van der Waals surface area contributed by atoms with Crippen LogP contribution in [0.3, 0.4) is 0 Å². The largest absolute Gasteiger partial charge is 0.481 e. The molecule has 0 saturated heterocycles. The van der Waals surface area contributed by atoms with E-state index in [2.05, 4.69) is 37.0 Å². The van der Waals surface area contributed by atoms with Gasteiger partial charge in [-0.15, -0.1) is 0 Å². The summed E-state index contributed by atoms with van der Waals surface area (Å²) in [6.07, 6.45) is 1.37. The molecular formula is C26H21Br2ClN4O4. The fourth-order valence-corrected chi connectivity index (χ4v) is 4.54. The Labute approximate surface area is 234 Å². The predicted octanol–water partition coefficient (Wildman–Crippen LogP) is 7.24. The molecule has 4 rings (SSSR count). The van der Waals surface area contributed by atoms with E-state index in [0.717, 1.165) is 10.0 Å². The van der Waals surface area contributed by atoms with E-state index in [-0.39, 0.29) is 23.6 Å². The normalized spacial score (nSPS) is 11.8. The lowest BCUT2D eigenvalue weighted by molar-refractivity contribution is -0.386. The molecule has 4 aromatic rings. The third-order valence-electron chi connectivity index (χ3n) is 5.35. The zero-order chi connectivity index (χ0) is 26.9. The summed E-state index contributed by atoms with van der Waals surface area (Å²) in [5.74, 6) is 0.463. The van der Waals surface area contributed by atoms with Crippen LogP contribution in [0.1, 0.15) is 37.7 Å². The van der Waals surface area contributed by atoms with Crippen molar-refractivity contribution in [3.05, 3.63) is 106 Å².